The van der Waals surface area contributed by atoms with Gasteiger partial charge in [0.25, 0.3) is 15.9 Å². The van der Waals surface area contributed by atoms with Gasteiger partial charge in [-0.1, -0.05) is 53.6 Å². The van der Waals surface area contributed by atoms with Gasteiger partial charge in [-0.15, -0.1) is 0 Å². The van der Waals surface area contributed by atoms with Crippen molar-refractivity contribution < 1.29 is 13.2 Å². The number of nitrogens with one attached hydrogen (secondary N) is 1. The van der Waals surface area contributed by atoms with Crippen LogP contribution in [0.2, 0.25) is 5.02 Å². The molecule has 1 heterocycles. The number of hydrogen-bond donors (Lipinski definition) is 1. The zero-order valence-electron chi connectivity index (χ0n) is 22.6. The van der Waals surface area contributed by atoms with Gasteiger partial charge in [0.1, 0.15) is 6.54 Å². The van der Waals surface area contributed by atoms with Gasteiger partial charge in [-0.25, -0.2) is 13.8 Å². The first-order valence-corrected chi connectivity index (χ1v) is 14.2. The minimum Gasteiger partial charge on any atom is -0.318 e. The predicted octanol–water partition coefficient (Wildman–Crippen LogP) is 6.02. The highest BCUT2D eigenvalue weighted by Crippen LogP contribution is 2.31. The minimum absolute atomic E-state index is 0.0763. The third-order valence-electron chi connectivity index (χ3n) is 6.62. The molecule has 1 aromatic heterocycles. The number of aryl methyl sites for hydroxylation is 3. The lowest BCUT2D eigenvalue weighted by molar-refractivity contribution is -0.119. The number of hydrogen-bond acceptors (Lipinski definition) is 4. The van der Waals surface area contributed by atoms with Crippen molar-refractivity contribution in [2.75, 3.05) is 10.8 Å². The number of halogens is 1. The standard InChI is InChI=1S/C30H31ClN4O3S/c1-20-13-15-26(16-14-20)39(37,38)34(29-12-8-10-27(31)23(29)4)19-30(36)33-32-18-25-17-22(3)35(24(25)5)28-11-7-6-9-21(28)2/h6-18H,19H2,1-5H3,(H,33,36)/b32-18-. The first-order valence-electron chi connectivity index (χ1n) is 12.4. The summed E-state index contributed by atoms with van der Waals surface area (Å²) in [6.45, 7) is 9.17. The first-order chi connectivity index (χ1) is 18.5. The molecule has 0 saturated carbocycles. The number of anilines is 1. The molecule has 0 spiro atoms. The van der Waals surface area contributed by atoms with Crippen LogP contribution in [0, 0.1) is 34.6 Å². The van der Waals surface area contributed by atoms with Crippen molar-refractivity contribution in [3.63, 3.8) is 0 Å². The monoisotopic (exact) mass is 562 g/mol. The molecule has 0 radical (unpaired) electrons. The van der Waals surface area contributed by atoms with E-state index in [1.165, 1.54) is 12.1 Å². The maximum Gasteiger partial charge on any atom is 0.264 e. The van der Waals surface area contributed by atoms with Crippen LogP contribution in [0.4, 0.5) is 5.69 Å². The number of aromatic nitrogens is 1. The summed E-state index contributed by atoms with van der Waals surface area (Å²) in [6, 6.07) is 21.5. The topological polar surface area (TPSA) is 83.8 Å². The molecule has 1 N–H and O–H groups in total. The van der Waals surface area contributed by atoms with Crippen molar-refractivity contribution in [2.24, 2.45) is 5.10 Å². The molecule has 1 amide bonds. The molecule has 0 unspecified atom stereocenters. The highest BCUT2D eigenvalue weighted by atomic mass is 35.5. The molecule has 0 bridgehead atoms. The largest absolute Gasteiger partial charge is 0.318 e. The predicted molar refractivity (Wildman–Crippen MR) is 158 cm³/mol. The molecule has 0 aliphatic carbocycles. The molecule has 0 saturated heterocycles. The number of carbonyl (C=O) groups excluding carboxylic acids is 1. The number of nitrogens with zero attached hydrogens (tertiary/aromatic N) is 3. The summed E-state index contributed by atoms with van der Waals surface area (Å²) in [7, 11) is -4.07. The fourth-order valence-electron chi connectivity index (χ4n) is 4.45. The van der Waals surface area contributed by atoms with Gasteiger partial charge in [-0.3, -0.25) is 9.10 Å². The number of rotatable bonds is 8. The van der Waals surface area contributed by atoms with Crippen molar-refractivity contribution in [2.45, 2.75) is 39.5 Å². The Morgan fingerprint density at radius 1 is 0.974 bits per heavy atom. The summed E-state index contributed by atoms with van der Waals surface area (Å²) < 4.78 is 30.5. The average molecular weight is 563 g/mol. The van der Waals surface area contributed by atoms with Gasteiger partial charge in [0, 0.05) is 27.7 Å². The van der Waals surface area contributed by atoms with Crippen LogP contribution in [0.25, 0.3) is 5.69 Å². The van der Waals surface area contributed by atoms with E-state index in [1.807, 2.05) is 39.0 Å². The molecule has 9 heteroatoms. The lowest BCUT2D eigenvalue weighted by Gasteiger charge is -2.25. The smallest absolute Gasteiger partial charge is 0.264 e. The fourth-order valence-corrected chi connectivity index (χ4v) is 6.09. The number of para-hydroxylation sites is 1. The third-order valence-corrected chi connectivity index (χ3v) is 8.81. The van der Waals surface area contributed by atoms with Crippen molar-refractivity contribution in [3.8, 4) is 5.69 Å². The van der Waals surface area contributed by atoms with E-state index in [9.17, 15) is 13.2 Å². The number of amides is 1. The second-order valence-corrected chi connectivity index (χ2v) is 11.7. The van der Waals surface area contributed by atoms with Crippen molar-refractivity contribution in [1.82, 2.24) is 9.99 Å². The van der Waals surface area contributed by atoms with Gasteiger partial charge in [0.15, 0.2) is 0 Å². The zero-order valence-corrected chi connectivity index (χ0v) is 24.1. The summed E-state index contributed by atoms with van der Waals surface area (Å²) in [4.78, 5) is 13.1. The quantitative estimate of drug-likeness (QED) is 0.210. The molecule has 3 aromatic carbocycles. The fraction of sp³-hybridized carbons (Fsp3) is 0.200. The lowest BCUT2D eigenvalue weighted by atomic mass is 10.2. The van der Waals surface area contributed by atoms with Gasteiger partial charge in [0.2, 0.25) is 0 Å². The average Bonchev–Trinajstić information content (AvgIpc) is 3.17. The maximum absolute atomic E-state index is 13.6. The van der Waals surface area contributed by atoms with Gasteiger partial charge in [0.05, 0.1) is 16.8 Å². The van der Waals surface area contributed by atoms with Crippen molar-refractivity contribution in [3.05, 3.63) is 111 Å². The number of carbonyl (C=O) groups is 1. The van der Waals surface area contributed by atoms with Crippen LogP contribution in [-0.2, 0) is 14.8 Å². The Morgan fingerprint density at radius 2 is 1.67 bits per heavy atom. The second kappa shape index (κ2) is 11.5. The maximum atomic E-state index is 13.6. The summed E-state index contributed by atoms with van der Waals surface area (Å²) in [5, 5.41) is 4.54. The third kappa shape index (κ3) is 5.92. The molecule has 0 aliphatic rings. The number of hydrazone groups is 1. The summed E-state index contributed by atoms with van der Waals surface area (Å²) in [5.74, 6) is -0.589. The van der Waals surface area contributed by atoms with Crippen molar-refractivity contribution in [1.29, 1.82) is 0 Å². The molecule has 4 aromatic rings. The zero-order chi connectivity index (χ0) is 28.3. The van der Waals surface area contributed by atoms with E-state index in [1.54, 1.807) is 43.5 Å². The molecule has 4 rings (SSSR count). The van der Waals surface area contributed by atoms with Crippen LogP contribution in [0.5, 0.6) is 0 Å². The van der Waals surface area contributed by atoms with E-state index in [0.717, 1.165) is 38.1 Å². The minimum atomic E-state index is -4.07. The van der Waals surface area contributed by atoms with Gasteiger partial charge in [-0.05, 0) is 82.1 Å². The molecule has 0 fully saturated rings. The van der Waals surface area contributed by atoms with Crippen LogP contribution < -0.4 is 9.73 Å². The van der Waals surface area contributed by atoms with Crippen molar-refractivity contribution >= 4 is 39.4 Å². The second-order valence-electron chi connectivity index (χ2n) is 9.45. The Hall–Kier alpha value is -3.88. The van der Waals surface area contributed by atoms with E-state index < -0.39 is 22.5 Å². The normalized spacial score (nSPS) is 11.6. The van der Waals surface area contributed by atoms with Crippen LogP contribution in [0.1, 0.15) is 33.6 Å². The number of sulfonamides is 1. The highest BCUT2D eigenvalue weighted by Gasteiger charge is 2.28. The molecule has 0 aliphatic heterocycles. The van der Waals surface area contributed by atoms with E-state index in [0.29, 0.717) is 16.3 Å². The molecular formula is C30H31ClN4O3S. The van der Waals surface area contributed by atoms with E-state index in [4.69, 9.17) is 11.6 Å². The summed E-state index contributed by atoms with van der Waals surface area (Å²) >= 11 is 6.30. The lowest BCUT2D eigenvalue weighted by Crippen LogP contribution is -2.40. The van der Waals surface area contributed by atoms with Crippen LogP contribution in [-0.4, -0.2) is 31.7 Å². The number of benzene rings is 3. The Kier molecular flexibility index (Phi) is 8.28. The van der Waals surface area contributed by atoms with Gasteiger partial charge in [-0.2, -0.15) is 5.10 Å². The van der Waals surface area contributed by atoms with E-state index in [2.05, 4.69) is 34.2 Å². The summed E-state index contributed by atoms with van der Waals surface area (Å²) in [6.07, 6.45) is 1.57. The Bertz CT molecular complexity index is 1660. The Labute approximate surface area is 234 Å². The SMILES string of the molecule is Cc1ccc(S(=O)(=O)N(CC(=O)N/N=C\c2cc(C)n(-c3ccccc3C)c2C)c2cccc(Cl)c2C)cc1. The molecular weight excluding hydrogens is 532 g/mol. The first kappa shape index (κ1) is 28.1. The molecule has 7 nitrogen and oxygen atoms in total. The van der Waals surface area contributed by atoms with E-state index >= 15 is 0 Å². The van der Waals surface area contributed by atoms with Gasteiger partial charge < -0.3 is 4.57 Å². The Morgan fingerprint density at radius 3 is 2.36 bits per heavy atom. The van der Waals surface area contributed by atoms with Gasteiger partial charge >= 0.3 is 0 Å². The van der Waals surface area contributed by atoms with Crippen LogP contribution in [0.15, 0.2) is 82.8 Å². The molecule has 202 valence electrons. The highest BCUT2D eigenvalue weighted by molar-refractivity contribution is 7.92. The van der Waals surface area contributed by atoms with E-state index in [-0.39, 0.29) is 4.90 Å². The Balaban J connectivity index is 1.59. The van der Waals surface area contributed by atoms with Crippen LogP contribution in [0.3, 0.4) is 0 Å². The molecule has 39 heavy (non-hydrogen) atoms. The van der Waals surface area contributed by atoms with Crippen LogP contribution >= 0.6 is 11.6 Å². The molecule has 0 atom stereocenters. The summed E-state index contributed by atoms with van der Waals surface area (Å²) in [5.41, 5.74) is 9.34.